The van der Waals surface area contributed by atoms with Gasteiger partial charge >= 0.3 is 0 Å². The lowest BCUT2D eigenvalue weighted by atomic mass is 9.68. The molecule has 2 heterocycles. The zero-order valence-electron chi connectivity index (χ0n) is 17.1. The molecule has 0 unspecified atom stereocenters. The summed E-state index contributed by atoms with van der Waals surface area (Å²) in [6.07, 6.45) is 3.87. The molecule has 0 bridgehead atoms. The van der Waals surface area contributed by atoms with Crippen molar-refractivity contribution in [1.29, 1.82) is 10.5 Å². The average molecular weight is 460 g/mol. The molecule has 4 rings (SSSR count). The van der Waals surface area contributed by atoms with Crippen LogP contribution in [0.5, 0.6) is 0 Å². The van der Waals surface area contributed by atoms with Gasteiger partial charge in [0.2, 0.25) is 0 Å². The summed E-state index contributed by atoms with van der Waals surface area (Å²) in [4.78, 5) is 15.8. The minimum absolute atomic E-state index is 0.0231. The van der Waals surface area contributed by atoms with Gasteiger partial charge < -0.3 is 4.90 Å². The van der Waals surface area contributed by atoms with Crippen molar-refractivity contribution < 1.29 is 4.79 Å². The van der Waals surface area contributed by atoms with Crippen LogP contribution in [-0.4, -0.2) is 17.9 Å². The number of carbonyl (C=O) groups is 1. The highest BCUT2D eigenvalue weighted by molar-refractivity contribution is 9.10. The first-order chi connectivity index (χ1) is 14.2. The van der Waals surface area contributed by atoms with E-state index in [4.69, 9.17) is 0 Å². The summed E-state index contributed by atoms with van der Waals surface area (Å²) in [6.45, 7) is 5.69. The number of hydrogen-bond acceptors (Lipinski definition) is 4. The minimum atomic E-state index is -1.39. The Morgan fingerprint density at radius 3 is 2.43 bits per heavy atom. The van der Waals surface area contributed by atoms with E-state index >= 15 is 0 Å². The Balaban J connectivity index is 2.04. The van der Waals surface area contributed by atoms with Crippen LogP contribution in [0.4, 0.5) is 5.69 Å². The molecular formula is C25H22BrN3O. The van der Waals surface area contributed by atoms with Gasteiger partial charge in [0.25, 0.3) is 0 Å². The molecule has 2 aliphatic rings. The van der Waals surface area contributed by atoms with Gasteiger partial charge in [-0.2, -0.15) is 10.5 Å². The summed E-state index contributed by atoms with van der Waals surface area (Å²) >= 11 is 3.51. The zero-order chi connectivity index (χ0) is 21.7. The predicted octanol–water partition coefficient (Wildman–Crippen LogP) is 5.47. The lowest BCUT2D eigenvalue weighted by molar-refractivity contribution is -0.127. The topological polar surface area (TPSA) is 67.9 Å². The molecule has 1 saturated heterocycles. The maximum Gasteiger partial charge on any atom is 0.176 e. The van der Waals surface area contributed by atoms with E-state index in [1.54, 1.807) is 0 Å². The van der Waals surface area contributed by atoms with Crippen LogP contribution in [0, 0.1) is 33.5 Å². The smallest absolute Gasteiger partial charge is 0.176 e. The third kappa shape index (κ3) is 2.89. The van der Waals surface area contributed by atoms with Crippen molar-refractivity contribution in [1.82, 2.24) is 0 Å². The van der Waals surface area contributed by atoms with Crippen LogP contribution in [0.2, 0.25) is 0 Å². The zero-order valence-corrected chi connectivity index (χ0v) is 18.7. The Bertz CT molecular complexity index is 1120. The van der Waals surface area contributed by atoms with Gasteiger partial charge in [0.1, 0.15) is 0 Å². The van der Waals surface area contributed by atoms with Crippen LogP contribution in [0.3, 0.4) is 0 Å². The van der Waals surface area contributed by atoms with Crippen LogP contribution in [0.25, 0.3) is 6.08 Å². The Morgan fingerprint density at radius 1 is 1.10 bits per heavy atom. The molecule has 30 heavy (non-hydrogen) atoms. The second kappa shape index (κ2) is 7.11. The SMILES string of the molecule is CC(C)(C)C(=O)[C@H]1[C@H](c2cccc(Br)c2)C(C#N)(C#N)[C@@H]2C=Cc3ccccc3N21. The van der Waals surface area contributed by atoms with Gasteiger partial charge in [-0.05, 0) is 29.3 Å². The number of anilines is 1. The maximum absolute atomic E-state index is 13.8. The summed E-state index contributed by atoms with van der Waals surface area (Å²) < 4.78 is 0.854. The molecule has 0 saturated carbocycles. The summed E-state index contributed by atoms with van der Waals surface area (Å²) in [6, 6.07) is 19.0. The number of nitrogens with zero attached hydrogens (tertiary/aromatic N) is 3. The monoisotopic (exact) mass is 459 g/mol. The number of hydrogen-bond donors (Lipinski definition) is 0. The van der Waals surface area contributed by atoms with Crippen molar-refractivity contribution in [3.8, 4) is 12.1 Å². The fourth-order valence-electron chi connectivity index (χ4n) is 4.75. The van der Waals surface area contributed by atoms with Crippen LogP contribution < -0.4 is 4.90 Å². The number of halogens is 1. The molecule has 2 aromatic rings. The Hall–Kier alpha value is -2.89. The lowest BCUT2D eigenvalue weighted by Crippen LogP contribution is -2.47. The second-order valence-electron chi connectivity index (χ2n) is 8.95. The van der Waals surface area contributed by atoms with Crippen LogP contribution >= 0.6 is 15.9 Å². The molecule has 150 valence electrons. The highest BCUT2D eigenvalue weighted by atomic mass is 79.9. The molecule has 0 spiro atoms. The van der Waals surface area contributed by atoms with E-state index in [-0.39, 0.29) is 5.78 Å². The fourth-order valence-corrected chi connectivity index (χ4v) is 5.17. The lowest BCUT2D eigenvalue weighted by Gasteiger charge is -2.37. The van der Waals surface area contributed by atoms with Gasteiger partial charge in [-0.1, -0.05) is 79.2 Å². The predicted molar refractivity (Wildman–Crippen MR) is 121 cm³/mol. The first kappa shape index (κ1) is 20.4. The van der Waals surface area contributed by atoms with Gasteiger partial charge in [0, 0.05) is 21.5 Å². The van der Waals surface area contributed by atoms with Gasteiger partial charge in [-0.25, -0.2) is 0 Å². The fraction of sp³-hybridized carbons (Fsp3) is 0.320. The molecular weight excluding hydrogens is 438 g/mol. The number of rotatable bonds is 2. The quantitative estimate of drug-likeness (QED) is 0.597. The third-order valence-electron chi connectivity index (χ3n) is 6.13. The number of carbonyl (C=O) groups excluding carboxylic acids is 1. The average Bonchev–Trinajstić information content (AvgIpc) is 3.03. The van der Waals surface area contributed by atoms with E-state index in [1.165, 1.54) is 0 Å². The molecule has 0 N–H and O–H groups in total. The summed E-state index contributed by atoms with van der Waals surface area (Å²) in [5, 5.41) is 20.7. The van der Waals surface area contributed by atoms with Gasteiger partial charge in [-0.3, -0.25) is 4.79 Å². The van der Waals surface area contributed by atoms with Crippen molar-refractivity contribution in [2.75, 3.05) is 4.90 Å². The molecule has 3 atom stereocenters. The van der Waals surface area contributed by atoms with E-state index in [1.807, 2.05) is 86.4 Å². The van der Waals surface area contributed by atoms with Crippen molar-refractivity contribution >= 4 is 33.5 Å². The van der Waals surface area contributed by atoms with E-state index < -0.39 is 28.8 Å². The molecule has 5 heteroatoms. The Kier molecular flexibility index (Phi) is 4.83. The van der Waals surface area contributed by atoms with E-state index in [2.05, 4.69) is 28.1 Å². The first-order valence-corrected chi connectivity index (χ1v) is 10.7. The third-order valence-corrected chi connectivity index (χ3v) is 6.62. The summed E-state index contributed by atoms with van der Waals surface area (Å²) in [7, 11) is 0. The second-order valence-corrected chi connectivity index (χ2v) is 9.87. The normalized spacial score (nSPS) is 23.8. The van der Waals surface area contributed by atoms with E-state index in [0.29, 0.717) is 0 Å². The largest absolute Gasteiger partial charge is 0.351 e. The highest BCUT2D eigenvalue weighted by Gasteiger charge is 2.64. The van der Waals surface area contributed by atoms with E-state index in [0.717, 1.165) is 21.3 Å². The summed E-state index contributed by atoms with van der Waals surface area (Å²) in [5.41, 5.74) is 0.669. The molecule has 0 aromatic heterocycles. The molecule has 4 nitrogen and oxygen atoms in total. The van der Waals surface area contributed by atoms with Crippen LogP contribution in [0.15, 0.2) is 59.1 Å². The van der Waals surface area contributed by atoms with Crippen molar-refractivity contribution in [3.05, 3.63) is 70.2 Å². The van der Waals surface area contributed by atoms with Crippen LogP contribution in [-0.2, 0) is 4.79 Å². The summed E-state index contributed by atoms with van der Waals surface area (Å²) in [5.74, 6) is -0.563. The van der Waals surface area contributed by atoms with Crippen molar-refractivity contribution in [3.63, 3.8) is 0 Å². The number of nitriles is 2. The van der Waals surface area contributed by atoms with Gasteiger partial charge in [0.15, 0.2) is 11.2 Å². The molecule has 2 aromatic carbocycles. The maximum atomic E-state index is 13.8. The molecule has 2 aliphatic heterocycles. The Morgan fingerprint density at radius 2 is 1.80 bits per heavy atom. The number of para-hydroxylation sites is 1. The number of fused-ring (bicyclic) bond motifs is 3. The van der Waals surface area contributed by atoms with Gasteiger partial charge in [-0.15, -0.1) is 0 Å². The van der Waals surface area contributed by atoms with Crippen molar-refractivity contribution in [2.24, 2.45) is 10.8 Å². The number of benzene rings is 2. The van der Waals surface area contributed by atoms with Gasteiger partial charge in [0.05, 0.1) is 24.2 Å². The highest BCUT2D eigenvalue weighted by Crippen LogP contribution is 2.56. The molecule has 0 radical (unpaired) electrons. The molecule has 0 amide bonds. The van der Waals surface area contributed by atoms with Crippen molar-refractivity contribution in [2.45, 2.75) is 38.8 Å². The Labute approximate surface area is 185 Å². The number of Topliss-reactive ketones (excluding diaryl/α,β-unsaturated/α-hetero) is 1. The number of ketones is 1. The van der Waals surface area contributed by atoms with E-state index in [9.17, 15) is 15.3 Å². The molecule has 0 aliphatic carbocycles. The van der Waals surface area contributed by atoms with Crippen LogP contribution in [0.1, 0.15) is 37.8 Å². The first-order valence-electron chi connectivity index (χ1n) is 9.92. The molecule has 1 fully saturated rings. The standard InChI is InChI=1S/C25H22BrN3O/c1-24(2,3)23(30)22-21(17-8-6-9-18(26)13-17)25(14-27,15-28)20-12-11-16-7-4-5-10-19(16)29(20)22/h4-13,20-22H,1-3H3/t20-,21-,22+/m0/s1. The minimum Gasteiger partial charge on any atom is -0.351 e.